The van der Waals surface area contributed by atoms with Gasteiger partial charge in [-0.2, -0.15) is 0 Å². The highest BCUT2D eigenvalue weighted by Gasteiger charge is 2.19. The van der Waals surface area contributed by atoms with Crippen LogP contribution in [0.5, 0.6) is 0 Å². The Balaban J connectivity index is 1.98. The molecule has 0 radical (unpaired) electrons. The van der Waals surface area contributed by atoms with Gasteiger partial charge in [0.2, 0.25) is 5.91 Å². The number of nitrogens with two attached hydrogens (primary N) is 1. The smallest absolute Gasteiger partial charge is 0.246 e. The molecule has 96 valence electrons. The highest BCUT2D eigenvalue weighted by Crippen LogP contribution is 2.10. The lowest BCUT2D eigenvalue weighted by Gasteiger charge is -2.30. The number of anilines is 1. The molecule has 2 rings (SSSR count). The number of hydrogen-bond acceptors (Lipinski definition) is 3. The molecule has 4 heteroatoms. The molecule has 1 atom stereocenters. The van der Waals surface area contributed by atoms with Crippen molar-refractivity contribution >= 4 is 17.7 Å². The minimum Gasteiger partial charge on any atom is -0.399 e. The average molecular weight is 246 g/mol. The molecule has 18 heavy (non-hydrogen) atoms. The predicted molar refractivity (Wildman–Crippen MR) is 71.9 cm³/mol. The van der Waals surface area contributed by atoms with E-state index in [0.717, 1.165) is 5.56 Å². The van der Waals surface area contributed by atoms with Crippen LogP contribution in [0.3, 0.4) is 0 Å². The lowest BCUT2D eigenvalue weighted by Crippen LogP contribution is -2.43. The van der Waals surface area contributed by atoms with E-state index < -0.39 is 0 Å². The monoisotopic (exact) mass is 246 g/mol. The number of hydrogen-bond donors (Lipinski definition) is 1. The molecule has 1 heterocycles. The van der Waals surface area contributed by atoms with Crippen LogP contribution >= 0.6 is 0 Å². The van der Waals surface area contributed by atoms with Gasteiger partial charge in [0.15, 0.2) is 0 Å². The maximum atomic E-state index is 12.0. The van der Waals surface area contributed by atoms with Crippen molar-refractivity contribution in [1.82, 2.24) is 4.90 Å². The van der Waals surface area contributed by atoms with E-state index in [4.69, 9.17) is 10.5 Å². The van der Waals surface area contributed by atoms with Crippen LogP contribution in [0.15, 0.2) is 30.3 Å². The summed E-state index contributed by atoms with van der Waals surface area (Å²) in [5.41, 5.74) is 7.31. The fourth-order valence-corrected chi connectivity index (χ4v) is 1.95. The summed E-state index contributed by atoms with van der Waals surface area (Å²) in [7, 11) is 0. The molecule has 0 spiro atoms. The number of benzene rings is 1. The number of morpholine rings is 1. The van der Waals surface area contributed by atoms with Gasteiger partial charge >= 0.3 is 0 Å². The molecular weight excluding hydrogens is 228 g/mol. The highest BCUT2D eigenvalue weighted by atomic mass is 16.5. The molecule has 1 aliphatic rings. The zero-order chi connectivity index (χ0) is 13.0. The van der Waals surface area contributed by atoms with E-state index in [1.165, 1.54) is 0 Å². The van der Waals surface area contributed by atoms with Gasteiger partial charge in [0.25, 0.3) is 0 Å². The van der Waals surface area contributed by atoms with Crippen molar-refractivity contribution in [2.24, 2.45) is 0 Å². The van der Waals surface area contributed by atoms with E-state index in [1.807, 2.05) is 31.2 Å². The second-order valence-electron chi connectivity index (χ2n) is 4.47. The van der Waals surface area contributed by atoms with E-state index in [1.54, 1.807) is 17.1 Å². The van der Waals surface area contributed by atoms with E-state index in [2.05, 4.69) is 0 Å². The molecule has 1 aromatic rings. The Morgan fingerprint density at radius 2 is 2.39 bits per heavy atom. The summed E-state index contributed by atoms with van der Waals surface area (Å²) < 4.78 is 5.40. The van der Waals surface area contributed by atoms with Crippen molar-refractivity contribution in [3.63, 3.8) is 0 Å². The topological polar surface area (TPSA) is 55.6 Å². The molecule has 1 aromatic carbocycles. The molecule has 2 N–H and O–H groups in total. The molecule has 1 unspecified atom stereocenters. The second-order valence-corrected chi connectivity index (χ2v) is 4.47. The maximum absolute atomic E-state index is 12.0. The average Bonchev–Trinajstić information content (AvgIpc) is 2.36. The Labute approximate surface area is 107 Å². The van der Waals surface area contributed by atoms with Gasteiger partial charge in [-0.3, -0.25) is 4.79 Å². The first-order valence-corrected chi connectivity index (χ1v) is 6.09. The normalized spacial score (nSPS) is 20.3. The summed E-state index contributed by atoms with van der Waals surface area (Å²) in [5, 5.41) is 0. The zero-order valence-electron chi connectivity index (χ0n) is 10.5. The van der Waals surface area contributed by atoms with Gasteiger partial charge in [-0.25, -0.2) is 0 Å². The number of nitrogens with zero attached hydrogens (tertiary/aromatic N) is 1. The van der Waals surface area contributed by atoms with Crippen LogP contribution in [0.25, 0.3) is 6.08 Å². The van der Waals surface area contributed by atoms with Gasteiger partial charge < -0.3 is 15.4 Å². The molecule has 1 saturated heterocycles. The van der Waals surface area contributed by atoms with Gasteiger partial charge in [-0.15, -0.1) is 0 Å². The number of nitrogen functional groups attached to an aromatic ring is 1. The number of carbonyl (C=O) groups excluding carboxylic acids is 1. The molecular formula is C14H18N2O2. The molecule has 1 amide bonds. The Hall–Kier alpha value is -1.81. The van der Waals surface area contributed by atoms with Crippen LogP contribution in [-0.4, -0.2) is 36.6 Å². The Morgan fingerprint density at radius 3 is 3.11 bits per heavy atom. The fraction of sp³-hybridized carbons (Fsp3) is 0.357. The summed E-state index contributed by atoms with van der Waals surface area (Å²) in [5.74, 6) is 0.0209. The van der Waals surface area contributed by atoms with E-state index in [9.17, 15) is 4.79 Å². The highest BCUT2D eigenvalue weighted by molar-refractivity contribution is 5.92. The summed E-state index contributed by atoms with van der Waals surface area (Å²) >= 11 is 0. The quantitative estimate of drug-likeness (QED) is 0.636. The van der Waals surface area contributed by atoms with Gasteiger partial charge in [0, 0.05) is 24.9 Å². The molecule has 1 fully saturated rings. The number of carbonyl (C=O) groups is 1. The third-order valence-electron chi connectivity index (χ3n) is 2.88. The third kappa shape index (κ3) is 3.34. The van der Waals surface area contributed by atoms with Crippen molar-refractivity contribution in [2.75, 3.05) is 25.4 Å². The standard InChI is InChI=1S/C14H18N2O2/c1-11-10-16(7-8-18-11)14(17)6-5-12-3-2-4-13(15)9-12/h2-6,9,11H,7-8,10,15H2,1H3/b6-5+. The number of amides is 1. The fourth-order valence-electron chi connectivity index (χ4n) is 1.95. The van der Waals surface area contributed by atoms with E-state index in [0.29, 0.717) is 25.4 Å². The van der Waals surface area contributed by atoms with Crippen LogP contribution in [0.4, 0.5) is 5.69 Å². The van der Waals surface area contributed by atoms with Crippen molar-refractivity contribution in [1.29, 1.82) is 0 Å². The first-order chi connectivity index (χ1) is 8.65. The summed E-state index contributed by atoms with van der Waals surface area (Å²) in [6.45, 7) is 3.89. The third-order valence-corrected chi connectivity index (χ3v) is 2.88. The second kappa shape index (κ2) is 5.69. The van der Waals surface area contributed by atoms with Crippen LogP contribution in [0, 0.1) is 0 Å². The summed E-state index contributed by atoms with van der Waals surface area (Å²) in [6.07, 6.45) is 3.49. The van der Waals surface area contributed by atoms with Crippen molar-refractivity contribution in [3.8, 4) is 0 Å². The first-order valence-electron chi connectivity index (χ1n) is 6.09. The molecule has 0 saturated carbocycles. The lowest BCUT2D eigenvalue weighted by atomic mass is 10.2. The Kier molecular flexibility index (Phi) is 3.99. The maximum Gasteiger partial charge on any atom is 0.246 e. The number of ether oxygens (including phenoxy) is 1. The molecule has 4 nitrogen and oxygen atoms in total. The predicted octanol–water partition coefficient (Wildman–Crippen LogP) is 1.53. The first kappa shape index (κ1) is 12.6. The largest absolute Gasteiger partial charge is 0.399 e. The summed E-state index contributed by atoms with van der Waals surface area (Å²) in [6, 6.07) is 7.45. The van der Waals surface area contributed by atoms with Crippen LogP contribution in [0.2, 0.25) is 0 Å². The SMILES string of the molecule is CC1CN(C(=O)/C=C/c2cccc(N)c2)CCO1. The number of rotatable bonds is 2. The zero-order valence-corrected chi connectivity index (χ0v) is 10.5. The summed E-state index contributed by atoms with van der Waals surface area (Å²) in [4.78, 5) is 13.8. The molecule has 0 aromatic heterocycles. The minimum absolute atomic E-state index is 0.0209. The molecule has 0 aliphatic carbocycles. The lowest BCUT2D eigenvalue weighted by molar-refractivity contribution is -0.132. The van der Waals surface area contributed by atoms with Gasteiger partial charge in [0.1, 0.15) is 0 Å². The van der Waals surface area contributed by atoms with Gasteiger partial charge in [0.05, 0.1) is 12.7 Å². The van der Waals surface area contributed by atoms with Crippen molar-refractivity contribution in [2.45, 2.75) is 13.0 Å². The van der Waals surface area contributed by atoms with Crippen LogP contribution < -0.4 is 5.73 Å². The van der Waals surface area contributed by atoms with Crippen molar-refractivity contribution < 1.29 is 9.53 Å². The Morgan fingerprint density at radius 1 is 1.56 bits per heavy atom. The van der Waals surface area contributed by atoms with Crippen LogP contribution in [0.1, 0.15) is 12.5 Å². The van der Waals surface area contributed by atoms with Gasteiger partial charge in [-0.1, -0.05) is 12.1 Å². The van der Waals surface area contributed by atoms with E-state index in [-0.39, 0.29) is 12.0 Å². The van der Waals surface area contributed by atoms with Crippen molar-refractivity contribution in [3.05, 3.63) is 35.9 Å². The molecule has 0 bridgehead atoms. The van der Waals surface area contributed by atoms with Gasteiger partial charge in [-0.05, 0) is 30.7 Å². The Bertz CT molecular complexity index is 457. The molecule has 1 aliphatic heterocycles. The van der Waals surface area contributed by atoms with Crippen LogP contribution in [-0.2, 0) is 9.53 Å². The van der Waals surface area contributed by atoms with E-state index >= 15 is 0 Å². The minimum atomic E-state index is 0.0209.